The van der Waals surface area contributed by atoms with Crippen LogP contribution < -0.4 is 20.1 Å². The van der Waals surface area contributed by atoms with E-state index >= 15 is 0 Å². The first kappa shape index (κ1) is 19.2. The molecule has 0 bridgehead atoms. The number of nitrogens with zero attached hydrogens (tertiary/aromatic N) is 3. The predicted molar refractivity (Wildman–Crippen MR) is 104 cm³/mol. The van der Waals surface area contributed by atoms with Crippen molar-refractivity contribution < 1.29 is 13.9 Å². The van der Waals surface area contributed by atoms with Crippen LogP contribution in [-0.4, -0.2) is 61.4 Å². The van der Waals surface area contributed by atoms with Gasteiger partial charge in [-0.05, 0) is 31.0 Å². The highest BCUT2D eigenvalue weighted by Gasteiger charge is 2.20. The number of methoxy groups -OCH3 is 1. The smallest absolute Gasteiger partial charge is 0.229 e. The highest BCUT2D eigenvalue weighted by molar-refractivity contribution is 5.60. The van der Waals surface area contributed by atoms with E-state index in [1.54, 1.807) is 26.4 Å². The van der Waals surface area contributed by atoms with Gasteiger partial charge in [-0.2, -0.15) is 4.98 Å². The van der Waals surface area contributed by atoms with Crippen molar-refractivity contribution in [2.24, 2.45) is 0 Å². The highest BCUT2D eigenvalue weighted by atomic mass is 19.1. The fourth-order valence-corrected chi connectivity index (χ4v) is 3.01. The minimum Gasteiger partial charge on any atom is -0.493 e. The lowest BCUT2D eigenvalue weighted by Crippen LogP contribution is -2.23. The number of rotatable bonds is 9. The molecule has 1 saturated heterocycles. The second-order valence-electron chi connectivity index (χ2n) is 6.39. The Morgan fingerprint density at radius 3 is 2.93 bits per heavy atom. The molecule has 1 fully saturated rings. The van der Waals surface area contributed by atoms with Crippen LogP contribution in [0.4, 0.5) is 21.8 Å². The van der Waals surface area contributed by atoms with E-state index in [1.807, 2.05) is 18.2 Å². The molecule has 1 aliphatic rings. The lowest BCUT2D eigenvalue weighted by Gasteiger charge is -2.16. The molecule has 2 N–H and O–H groups in total. The summed E-state index contributed by atoms with van der Waals surface area (Å²) in [4.78, 5) is 10.7. The Morgan fingerprint density at radius 1 is 1.30 bits per heavy atom. The van der Waals surface area contributed by atoms with E-state index < -0.39 is 6.17 Å². The van der Waals surface area contributed by atoms with Crippen molar-refractivity contribution >= 4 is 17.5 Å². The van der Waals surface area contributed by atoms with Crippen LogP contribution in [0.3, 0.4) is 0 Å². The molecule has 0 amide bonds. The van der Waals surface area contributed by atoms with Gasteiger partial charge in [0, 0.05) is 44.6 Å². The van der Waals surface area contributed by atoms with E-state index in [4.69, 9.17) is 9.47 Å². The average molecular weight is 375 g/mol. The summed E-state index contributed by atoms with van der Waals surface area (Å²) in [7, 11) is 3.42. The van der Waals surface area contributed by atoms with Crippen LogP contribution in [0.5, 0.6) is 11.5 Å². The minimum atomic E-state index is -0.683. The molecule has 8 heteroatoms. The first-order chi connectivity index (χ1) is 13.2. The van der Waals surface area contributed by atoms with Crippen molar-refractivity contribution in [3.8, 4) is 11.5 Å². The van der Waals surface area contributed by atoms with Gasteiger partial charge < -0.3 is 25.0 Å². The quantitative estimate of drug-likeness (QED) is 0.653. The van der Waals surface area contributed by atoms with Crippen LogP contribution in [0.1, 0.15) is 12.8 Å². The maximum atomic E-state index is 13.2. The first-order valence-corrected chi connectivity index (χ1v) is 9.13. The Kier molecular flexibility index (Phi) is 6.64. The van der Waals surface area contributed by atoms with E-state index in [2.05, 4.69) is 25.5 Å². The van der Waals surface area contributed by atoms with Gasteiger partial charge in [-0.1, -0.05) is 0 Å². The number of hydrogen-bond acceptors (Lipinski definition) is 7. The molecule has 7 nitrogen and oxygen atoms in total. The molecule has 0 saturated carbocycles. The number of likely N-dealkylation sites (tertiary alicyclic amines) is 1. The van der Waals surface area contributed by atoms with Gasteiger partial charge >= 0.3 is 0 Å². The summed E-state index contributed by atoms with van der Waals surface area (Å²) in [5.74, 6) is 2.54. The molecule has 2 aromatic rings. The van der Waals surface area contributed by atoms with E-state index in [9.17, 15) is 4.39 Å². The van der Waals surface area contributed by atoms with Gasteiger partial charge in [0.25, 0.3) is 0 Å². The zero-order valence-corrected chi connectivity index (χ0v) is 15.7. The van der Waals surface area contributed by atoms with Crippen LogP contribution >= 0.6 is 0 Å². The summed E-state index contributed by atoms with van der Waals surface area (Å²) >= 11 is 0. The molecule has 0 spiro atoms. The van der Waals surface area contributed by atoms with E-state index in [-0.39, 0.29) is 0 Å². The third-order valence-electron chi connectivity index (χ3n) is 4.42. The third-order valence-corrected chi connectivity index (χ3v) is 4.42. The third kappa shape index (κ3) is 5.43. The summed E-state index contributed by atoms with van der Waals surface area (Å²) in [6.45, 7) is 2.74. The van der Waals surface area contributed by atoms with Crippen LogP contribution in [0.15, 0.2) is 30.5 Å². The largest absolute Gasteiger partial charge is 0.493 e. The van der Waals surface area contributed by atoms with Gasteiger partial charge in [0.1, 0.15) is 12.0 Å². The first-order valence-electron chi connectivity index (χ1n) is 9.13. The number of nitrogens with one attached hydrogen (secondary N) is 2. The van der Waals surface area contributed by atoms with E-state index in [0.717, 1.165) is 31.0 Å². The normalized spacial score (nSPS) is 16.9. The topological polar surface area (TPSA) is 71.5 Å². The molecule has 27 heavy (non-hydrogen) atoms. The number of halogens is 1. The Hall–Kier alpha value is -2.61. The fourth-order valence-electron chi connectivity index (χ4n) is 3.01. The van der Waals surface area contributed by atoms with Crippen LogP contribution in [-0.2, 0) is 0 Å². The Bertz CT molecular complexity index is 746. The predicted octanol–water partition coefficient (Wildman–Crippen LogP) is 3.08. The molecule has 3 rings (SSSR count). The van der Waals surface area contributed by atoms with E-state index in [0.29, 0.717) is 37.0 Å². The zero-order chi connectivity index (χ0) is 19.1. The lowest BCUT2D eigenvalue weighted by molar-refractivity contribution is 0.242. The van der Waals surface area contributed by atoms with Gasteiger partial charge in [-0.25, -0.2) is 9.37 Å². The fraction of sp³-hybridized carbons (Fsp3) is 0.474. The lowest BCUT2D eigenvalue weighted by atomic mass is 10.2. The van der Waals surface area contributed by atoms with Gasteiger partial charge in [-0.3, -0.25) is 0 Å². The number of benzene rings is 1. The average Bonchev–Trinajstić information content (AvgIpc) is 3.11. The molecule has 1 atom stereocenters. The van der Waals surface area contributed by atoms with Crippen LogP contribution in [0.2, 0.25) is 0 Å². The number of aromatic nitrogens is 2. The molecule has 1 aliphatic heterocycles. The highest BCUT2D eigenvalue weighted by Crippen LogP contribution is 2.31. The number of ether oxygens (including phenoxy) is 2. The molecule has 1 aromatic carbocycles. The van der Waals surface area contributed by atoms with Gasteiger partial charge in [0.05, 0.1) is 13.7 Å². The van der Waals surface area contributed by atoms with Crippen LogP contribution in [0, 0.1) is 0 Å². The number of anilines is 3. The molecule has 0 aliphatic carbocycles. The minimum absolute atomic E-state index is 0.493. The molecular formula is C19H26FN5O2. The SMILES string of the molecule is CNc1ccnc(Nc2ccc(OC)c(OCCCN3CC[C@H](F)C3)c2)n1. The molecule has 146 valence electrons. The monoisotopic (exact) mass is 375 g/mol. The Labute approximate surface area is 158 Å². The number of alkyl halides is 1. The maximum absolute atomic E-state index is 13.2. The molecule has 2 heterocycles. The van der Waals surface area contributed by atoms with Crippen molar-refractivity contribution in [1.82, 2.24) is 14.9 Å². The second-order valence-corrected chi connectivity index (χ2v) is 6.39. The standard InChI is InChI=1S/C19H26FN5O2/c1-21-18-6-8-22-19(24-18)23-15-4-5-16(26-2)17(12-15)27-11-3-9-25-10-7-14(20)13-25/h4-6,8,12,14H,3,7,9-11,13H2,1-2H3,(H2,21,22,23,24)/t14-/m0/s1. The van der Waals surface area contributed by atoms with Gasteiger partial charge in [0.15, 0.2) is 11.5 Å². The van der Waals surface area contributed by atoms with Crippen molar-refractivity contribution in [2.75, 3.05) is 51.0 Å². The molecular weight excluding hydrogens is 349 g/mol. The van der Waals surface area contributed by atoms with Gasteiger partial charge in [-0.15, -0.1) is 0 Å². The summed E-state index contributed by atoms with van der Waals surface area (Å²) < 4.78 is 24.5. The van der Waals surface area contributed by atoms with Crippen molar-refractivity contribution in [3.05, 3.63) is 30.5 Å². The van der Waals surface area contributed by atoms with Crippen LogP contribution in [0.25, 0.3) is 0 Å². The van der Waals surface area contributed by atoms with Crippen molar-refractivity contribution in [2.45, 2.75) is 19.0 Å². The summed E-state index contributed by atoms with van der Waals surface area (Å²) in [5.41, 5.74) is 0.805. The zero-order valence-electron chi connectivity index (χ0n) is 15.7. The second kappa shape index (κ2) is 9.36. The molecule has 1 aromatic heterocycles. The Morgan fingerprint density at radius 2 is 2.19 bits per heavy atom. The summed E-state index contributed by atoms with van der Waals surface area (Å²) in [6.07, 6.45) is 2.47. The molecule has 0 unspecified atom stereocenters. The maximum Gasteiger partial charge on any atom is 0.229 e. The summed E-state index contributed by atoms with van der Waals surface area (Å²) in [6, 6.07) is 7.38. The van der Waals surface area contributed by atoms with Crippen molar-refractivity contribution in [1.29, 1.82) is 0 Å². The van der Waals surface area contributed by atoms with Crippen molar-refractivity contribution in [3.63, 3.8) is 0 Å². The number of hydrogen-bond donors (Lipinski definition) is 2. The van der Waals surface area contributed by atoms with Gasteiger partial charge in [0.2, 0.25) is 5.95 Å². The van der Waals surface area contributed by atoms with E-state index in [1.165, 1.54) is 0 Å². The summed E-state index contributed by atoms with van der Waals surface area (Å²) in [5, 5.41) is 6.14. The Balaban J connectivity index is 1.57. The molecule has 0 radical (unpaired) electrons.